The summed E-state index contributed by atoms with van der Waals surface area (Å²) in [4.78, 5) is 84.6. The van der Waals surface area contributed by atoms with Crippen LogP contribution in [-0.4, -0.2) is 87.2 Å². The molecule has 13 heteroatoms. The number of carbonyl (C=O) groups excluding carboxylic acids is 5. The Hall–Kier alpha value is -4.42. The van der Waals surface area contributed by atoms with Gasteiger partial charge < -0.3 is 36.3 Å². The highest BCUT2D eigenvalue weighted by Gasteiger charge is 2.41. The predicted molar refractivity (Wildman–Crippen MR) is 166 cm³/mol. The first-order valence-electron chi connectivity index (χ1n) is 15.6. The molecule has 244 valence electrons. The number of amides is 5. The number of H-pyrrole nitrogens is 1. The SMILES string of the molecule is CC(C)C[C@H]1NC(=O)[C@H](C(C)C)NC(=O)[C@H]2CCCN2C(=O)[C@H](CCC(=O)O)NC(=O)[C@H](Cc2c[nH]c3ccccc23)NC1=O. The standard InChI is InChI=1S/C32H44N6O7/c1-17(2)14-23-28(41)35-24(15-19-16-33-21-9-6-5-8-20(19)21)29(42)34-22(11-12-26(39)40)32(45)38-13-7-10-25(38)30(43)37-27(18(3)4)31(44)36-23/h5-6,8-9,16-18,22-25,27,33H,7,10-15H2,1-4H3,(H,34,42)(H,35,41)(H,36,44)(H,37,43)(H,39,40)/t22-,23+,24-,25+,27-/m0/s1. The number of aromatic amines is 1. The fourth-order valence-corrected chi connectivity index (χ4v) is 6.05. The van der Waals surface area contributed by atoms with Gasteiger partial charge in [0.1, 0.15) is 30.2 Å². The summed E-state index contributed by atoms with van der Waals surface area (Å²) in [7, 11) is 0. The number of carbonyl (C=O) groups is 6. The molecule has 45 heavy (non-hydrogen) atoms. The van der Waals surface area contributed by atoms with Crippen molar-refractivity contribution in [3.05, 3.63) is 36.0 Å². The monoisotopic (exact) mass is 624 g/mol. The number of nitrogens with zero attached hydrogens (tertiary/aromatic N) is 1. The first-order chi connectivity index (χ1) is 21.3. The Morgan fingerprint density at radius 2 is 1.56 bits per heavy atom. The van der Waals surface area contributed by atoms with Crippen molar-refractivity contribution in [1.82, 2.24) is 31.2 Å². The molecule has 0 spiro atoms. The number of para-hydroxylation sites is 1. The molecule has 2 aromatic rings. The first kappa shape index (κ1) is 33.5. The predicted octanol–water partition coefficient (Wildman–Crippen LogP) is 1.22. The molecule has 2 fully saturated rings. The molecule has 0 radical (unpaired) electrons. The van der Waals surface area contributed by atoms with Gasteiger partial charge in [0.05, 0.1) is 0 Å². The quantitative estimate of drug-likeness (QED) is 0.254. The molecule has 2 saturated heterocycles. The molecule has 5 amide bonds. The third-order valence-corrected chi connectivity index (χ3v) is 8.42. The molecule has 13 nitrogen and oxygen atoms in total. The van der Waals surface area contributed by atoms with Crippen LogP contribution in [0.4, 0.5) is 0 Å². The molecule has 1 aromatic carbocycles. The van der Waals surface area contributed by atoms with E-state index in [1.165, 1.54) is 4.90 Å². The van der Waals surface area contributed by atoms with Crippen molar-refractivity contribution in [2.75, 3.05) is 6.54 Å². The van der Waals surface area contributed by atoms with Crippen LogP contribution in [-0.2, 0) is 35.2 Å². The summed E-state index contributed by atoms with van der Waals surface area (Å²) in [6.07, 6.45) is 2.35. The number of aliphatic carboxylic acids is 1. The summed E-state index contributed by atoms with van der Waals surface area (Å²) in [5.74, 6) is -4.39. The van der Waals surface area contributed by atoms with E-state index in [9.17, 15) is 33.9 Å². The molecular formula is C32H44N6O7. The van der Waals surface area contributed by atoms with E-state index in [1.54, 1.807) is 20.0 Å². The maximum Gasteiger partial charge on any atom is 0.303 e. The van der Waals surface area contributed by atoms with Crippen molar-refractivity contribution in [2.45, 2.75) is 96.4 Å². The Kier molecular flexibility index (Phi) is 10.8. The molecule has 1 aromatic heterocycles. The maximum absolute atomic E-state index is 13.9. The van der Waals surface area contributed by atoms with Gasteiger partial charge in [0.25, 0.3) is 0 Å². The van der Waals surface area contributed by atoms with Crippen molar-refractivity contribution in [2.24, 2.45) is 11.8 Å². The number of carboxylic acids is 1. The minimum Gasteiger partial charge on any atom is -0.481 e. The molecule has 0 unspecified atom stereocenters. The minimum atomic E-state index is -1.25. The topological polar surface area (TPSA) is 190 Å². The van der Waals surface area contributed by atoms with E-state index in [-0.39, 0.29) is 37.6 Å². The van der Waals surface area contributed by atoms with Crippen LogP contribution in [0.15, 0.2) is 30.5 Å². The number of aromatic nitrogens is 1. The number of hydrogen-bond acceptors (Lipinski definition) is 6. The zero-order valence-electron chi connectivity index (χ0n) is 26.2. The van der Waals surface area contributed by atoms with Crippen molar-refractivity contribution in [3.8, 4) is 0 Å². The van der Waals surface area contributed by atoms with E-state index in [2.05, 4.69) is 26.3 Å². The van der Waals surface area contributed by atoms with Gasteiger partial charge in [-0.3, -0.25) is 28.8 Å². The van der Waals surface area contributed by atoms with Gasteiger partial charge in [-0.15, -0.1) is 0 Å². The second kappa shape index (κ2) is 14.6. The number of nitrogens with one attached hydrogen (secondary N) is 5. The third kappa shape index (κ3) is 8.20. The van der Waals surface area contributed by atoms with Crippen LogP contribution in [0.25, 0.3) is 10.9 Å². The van der Waals surface area contributed by atoms with Crippen LogP contribution in [0.5, 0.6) is 0 Å². The van der Waals surface area contributed by atoms with E-state index in [0.717, 1.165) is 16.5 Å². The first-order valence-corrected chi connectivity index (χ1v) is 15.6. The Morgan fingerprint density at radius 1 is 0.889 bits per heavy atom. The van der Waals surface area contributed by atoms with Gasteiger partial charge in [-0.2, -0.15) is 0 Å². The Labute approximate surface area is 262 Å². The summed E-state index contributed by atoms with van der Waals surface area (Å²) in [5.41, 5.74) is 1.59. The summed E-state index contributed by atoms with van der Waals surface area (Å²) in [6, 6.07) is 2.21. The van der Waals surface area contributed by atoms with Gasteiger partial charge in [0, 0.05) is 36.5 Å². The fraction of sp³-hybridized carbons (Fsp3) is 0.562. The lowest BCUT2D eigenvalue weighted by atomic mass is 9.98. The Bertz CT molecular complexity index is 1440. The molecule has 4 rings (SSSR count). The van der Waals surface area contributed by atoms with Crippen LogP contribution in [0.2, 0.25) is 0 Å². The highest BCUT2D eigenvalue weighted by Crippen LogP contribution is 2.22. The molecule has 6 N–H and O–H groups in total. The summed E-state index contributed by atoms with van der Waals surface area (Å²) >= 11 is 0. The molecule has 2 aliphatic heterocycles. The lowest BCUT2D eigenvalue weighted by Crippen LogP contribution is -2.59. The minimum absolute atomic E-state index is 0.00110. The van der Waals surface area contributed by atoms with E-state index < -0.39 is 72.1 Å². The van der Waals surface area contributed by atoms with Gasteiger partial charge in [-0.25, -0.2) is 0 Å². The van der Waals surface area contributed by atoms with Gasteiger partial charge in [0.15, 0.2) is 0 Å². The number of rotatable bonds is 8. The molecule has 0 aliphatic carbocycles. The highest BCUT2D eigenvalue weighted by molar-refractivity contribution is 5.98. The molecule has 0 saturated carbocycles. The van der Waals surface area contributed by atoms with Crippen LogP contribution >= 0.6 is 0 Å². The van der Waals surface area contributed by atoms with Crippen molar-refractivity contribution >= 4 is 46.4 Å². The average molecular weight is 625 g/mol. The van der Waals surface area contributed by atoms with Gasteiger partial charge >= 0.3 is 5.97 Å². The van der Waals surface area contributed by atoms with E-state index in [1.807, 2.05) is 38.1 Å². The maximum atomic E-state index is 13.9. The van der Waals surface area contributed by atoms with Crippen molar-refractivity contribution in [3.63, 3.8) is 0 Å². The van der Waals surface area contributed by atoms with E-state index in [4.69, 9.17) is 0 Å². The summed E-state index contributed by atoms with van der Waals surface area (Å²) < 4.78 is 0. The molecule has 3 heterocycles. The smallest absolute Gasteiger partial charge is 0.303 e. The Morgan fingerprint density at radius 3 is 2.24 bits per heavy atom. The molecule has 0 bridgehead atoms. The van der Waals surface area contributed by atoms with Gasteiger partial charge in [0.2, 0.25) is 29.5 Å². The van der Waals surface area contributed by atoms with Gasteiger partial charge in [-0.05, 0) is 49.1 Å². The number of benzene rings is 1. The summed E-state index contributed by atoms with van der Waals surface area (Å²) in [6.45, 7) is 7.59. The average Bonchev–Trinajstić information content (AvgIpc) is 3.63. The van der Waals surface area contributed by atoms with Gasteiger partial charge in [-0.1, -0.05) is 45.9 Å². The van der Waals surface area contributed by atoms with Crippen LogP contribution in [0.1, 0.15) is 65.4 Å². The highest BCUT2D eigenvalue weighted by atomic mass is 16.4. The largest absolute Gasteiger partial charge is 0.481 e. The zero-order chi connectivity index (χ0) is 32.8. The number of carboxylic acid groups (broad SMARTS) is 1. The number of hydrogen-bond donors (Lipinski definition) is 6. The third-order valence-electron chi connectivity index (χ3n) is 8.42. The second-order valence-corrected chi connectivity index (χ2v) is 12.7. The van der Waals surface area contributed by atoms with Crippen molar-refractivity contribution in [1.29, 1.82) is 0 Å². The zero-order valence-corrected chi connectivity index (χ0v) is 26.2. The number of fused-ring (bicyclic) bond motifs is 2. The lowest BCUT2D eigenvalue weighted by Gasteiger charge is -2.30. The fourth-order valence-electron chi connectivity index (χ4n) is 6.05. The van der Waals surface area contributed by atoms with E-state index in [0.29, 0.717) is 12.8 Å². The van der Waals surface area contributed by atoms with Crippen LogP contribution in [0, 0.1) is 11.8 Å². The second-order valence-electron chi connectivity index (χ2n) is 12.7. The normalized spacial score (nSPS) is 25.3. The molecular weight excluding hydrogens is 580 g/mol. The lowest BCUT2D eigenvalue weighted by molar-refractivity contribution is -0.143. The van der Waals surface area contributed by atoms with E-state index >= 15 is 0 Å². The molecule has 2 aliphatic rings. The van der Waals surface area contributed by atoms with Crippen LogP contribution < -0.4 is 21.3 Å². The molecule has 5 atom stereocenters. The Balaban J connectivity index is 1.76. The summed E-state index contributed by atoms with van der Waals surface area (Å²) in [5, 5.41) is 21.3. The van der Waals surface area contributed by atoms with Crippen molar-refractivity contribution < 1.29 is 33.9 Å². The van der Waals surface area contributed by atoms with Crippen LogP contribution in [0.3, 0.4) is 0 Å².